The molecule has 0 atom stereocenters. The Bertz CT molecular complexity index is 481. The summed E-state index contributed by atoms with van der Waals surface area (Å²) in [5, 5.41) is 3.08. The van der Waals surface area contributed by atoms with Crippen LogP contribution >= 0.6 is 0 Å². The van der Waals surface area contributed by atoms with Gasteiger partial charge in [-0.05, 0) is 38.1 Å². The highest BCUT2D eigenvalue weighted by Gasteiger charge is 2.31. The molecule has 0 saturated heterocycles. The van der Waals surface area contributed by atoms with Gasteiger partial charge in [0.2, 0.25) is 5.91 Å². The van der Waals surface area contributed by atoms with Gasteiger partial charge in [0, 0.05) is 13.6 Å². The molecule has 0 heterocycles. The summed E-state index contributed by atoms with van der Waals surface area (Å²) in [4.78, 5) is 13.8. The summed E-state index contributed by atoms with van der Waals surface area (Å²) in [6, 6.07) is 4.85. The first kappa shape index (κ1) is 17.5. The third-order valence-electron chi connectivity index (χ3n) is 3.20. The Morgan fingerprint density at radius 3 is 2.14 bits per heavy atom. The fourth-order valence-electron chi connectivity index (χ4n) is 2.14. The molecule has 0 bridgehead atoms. The number of halogens is 3. The summed E-state index contributed by atoms with van der Waals surface area (Å²) < 4.78 is 37.4. The Morgan fingerprint density at radius 1 is 1.19 bits per heavy atom. The van der Waals surface area contributed by atoms with Crippen LogP contribution in [0.15, 0.2) is 24.3 Å². The summed E-state index contributed by atoms with van der Waals surface area (Å²) in [6.07, 6.45) is -4.34. The minimum absolute atomic E-state index is 0.107. The largest absolute Gasteiger partial charge is 0.416 e. The SMILES string of the molecule is CCNC(C)(C)C(=O)N(C)Cc1ccc(C(F)(F)F)cc1. The summed E-state index contributed by atoms with van der Waals surface area (Å²) in [5.74, 6) is -0.107. The molecule has 0 aliphatic rings. The van der Waals surface area contributed by atoms with Crippen molar-refractivity contribution < 1.29 is 18.0 Å². The van der Waals surface area contributed by atoms with Crippen LogP contribution in [0, 0.1) is 0 Å². The Kier molecular flexibility index (Phi) is 5.39. The first-order valence-electron chi connectivity index (χ1n) is 6.74. The molecule has 1 rings (SSSR count). The number of carbonyl (C=O) groups excluding carboxylic acids is 1. The second-order valence-electron chi connectivity index (χ2n) is 5.51. The van der Waals surface area contributed by atoms with Gasteiger partial charge in [0.1, 0.15) is 0 Å². The van der Waals surface area contributed by atoms with Gasteiger partial charge in [0.15, 0.2) is 0 Å². The van der Waals surface area contributed by atoms with Crippen molar-refractivity contribution in [3.05, 3.63) is 35.4 Å². The third-order valence-corrected chi connectivity index (χ3v) is 3.20. The normalized spacial score (nSPS) is 12.3. The molecular weight excluding hydrogens is 281 g/mol. The number of hydrogen-bond acceptors (Lipinski definition) is 2. The Balaban J connectivity index is 2.75. The van der Waals surface area contributed by atoms with E-state index in [2.05, 4.69) is 5.32 Å². The molecule has 1 aromatic carbocycles. The minimum atomic E-state index is -4.34. The molecule has 1 N–H and O–H groups in total. The molecule has 0 radical (unpaired) electrons. The molecule has 118 valence electrons. The fraction of sp³-hybridized carbons (Fsp3) is 0.533. The van der Waals surface area contributed by atoms with Crippen LogP contribution in [-0.4, -0.2) is 29.9 Å². The van der Waals surface area contributed by atoms with Crippen molar-refractivity contribution in [1.29, 1.82) is 0 Å². The van der Waals surface area contributed by atoms with Crippen LogP contribution in [0.3, 0.4) is 0 Å². The third kappa shape index (κ3) is 4.74. The first-order valence-corrected chi connectivity index (χ1v) is 6.74. The molecular formula is C15H21F3N2O. The van der Waals surface area contributed by atoms with Crippen LogP contribution in [-0.2, 0) is 17.5 Å². The Hall–Kier alpha value is -1.56. The van der Waals surface area contributed by atoms with Gasteiger partial charge in [0.25, 0.3) is 0 Å². The molecule has 3 nitrogen and oxygen atoms in total. The maximum atomic E-state index is 12.5. The van der Waals surface area contributed by atoms with Gasteiger partial charge >= 0.3 is 6.18 Å². The highest BCUT2D eigenvalue weighted by molar-refractivity contribution is 5.85. The topological polar surface area (TPSA) is 32.3 Å². The van der Waals surface area contributed by atoms with Crippen LogP contribution in [0.4, 0.5) is 13.2 Å². The summed E-state index contributed by atoms with van der Waals surface area (Å²) in [5.41, 5.74) is -0.727. The monoisotopic (exact) mass is 302 g/mol. The number of benzene rings is 1. The molecule has 0 saturated carbocycles. The lowest BCUT2D eigenvalue weighted by atomic mass is 10.0. The van der Waals surface area contributed by atoms with Crippen molar-refractivity contribution in [3.63, 3.8) is 0 Å². The van der Waals surface area contributed by atoms with E-state index in [1.165, 1.54) is 17.0 Å². The molecule has 0 aliphatic carbocycles. The number of rotatable bonds is 5. The van der Waals surface area contributed by atoms with Gasteiger partial charge in [-0.15, -0.1) is 0 Å². The fourth-order valence-corrected chi connectivity index (χ4v) is 2.14. The van der Waals surface area contributed by atoms with Gasteiger partial charge < -0.3 is 10.2 Å². The quantitative estimate of drug-likeness (QED) is 0.906. The van der Waals surface area contributed by atoms with E-state index in [9.17, 15) is 18.0 Å². The number of carbonyl (C=O) groups is 1. The second kappa shape index (κ2) is 6.47. The number of amides is 1. The zero-order valence-corrected chi connectivity index (χ0v) is 12.7. The predicted molar refractivity (Wildman–Crippen MR) is 75.7 cm³/mol. The molecule has 6 heteroatoms. The molecule has 0 aromatic heterocycles. The molecule has 21 heavy (non-hydrogen) atoms. The van der Waals surface area contributed by atoms with Crippen LogP contribution in [0.5, 0.6) is 0 Å². The highest BCUT2D eigenvalue weighted by atomic mass is 19.4. The average Bonchev–Trinajstić information content (AvgIpc) is 2.37. The van der Waals surface area contributed by atoms with Gasteiger partial charge in [0.05, 0.1) is 11.1 Å². The lowest BCUT2D eigenvalue weighted by Crippen LogP contribution is -2.52. The van der Waals surface area contributed by atoms with Gasteiger partial charge in [-0.2, -0.15) is 13.2 Å². The zero-order valence-electron chi connectivity index (χ0n) is 12.7. The van der Waals surface area contributed by atoms with E-state index in [-0.39, 0.29) is 12.5 Å². The molecule has 0 unspecified atom stereocenters. The number of nitrogens with one attached hydrogen (secondary N) is 1. The van der Waals surface area contributed by atoms with Gasteiger partial charge in [-0.3, -0.25) is 4.79 Å². The molecule has 0 fully saturated rings. The summed E-state index contributed by atoms with van der Waals surface area (Å²) in [7, 11) is 1.64. The zero-order chi connectivity index (χ0) is 16.3. The number of nitrogens with zero attached hydrogens (tertiary/aromatic N) is 1. The lowest BCUT2D eigenvalue weighted by molar-refractivity contribution is -0.138. The standard InChI is InChI=1S/C15H21F3N2O/c1-5-19-14(2,3)13(21)20(4)10-11-6-8-12(9-7-11)15(16,17)18/h6-9,19H,5,10H2,1-4H3. The van der Waals surface area contributed by atoms with E-state index in [1.54, 1.807) is 20.9 Å². The van der Waals surface area contributed by atoms with E-state index in [1.807, 2.05) is 6.92 Å². The van der Waals surface area contributed by atoms with E-state index in [0.717, 1.165) is 12.1 Å². The van der Waals surface area contributed by atoms with Crippen LogP contribution in [0.25, 0.3) is 0 Å². The molecule has 0 aliphatic heterocycles. The second-order valence-corrected chi connectivity index (χ2v) is 5.51. The first-order chi connectivity index (χ1) is 9.58. The summed E-state index contributed by atoms with van der Waals surface area (Å²) in [6.45, 7) is 6.40. The van der Waals surface area contributed by atoms with Crippen molar-refractivity contribution in [3.8, 4) is 0 Å². The minimum Gasteiger partial charge on any atom is -0.340 e. The number of likely N-dealkylation sites (N-methyl/N-ethyl adjacent to an activating group) is 2. The highest BCUT2D eigenvalue weighted by Crippen LogP contribution is 2.29. The van der Waals surface area contributed by atoms with Crippen molar-refractivity contribution in [2.24, 2.45) is 0 Å². The maximum Gasteiger partial charge on any atom is 0.416 e. The van der Waals surface area contributed by atoms with Crippen molar-refractivity contribution >= 4 is 5.91 Å². The van der Waals surface area contributed by atoms with E-state index in [0.29, 0.717) is 12.1 Å². The van der Waals surface area contributed by atoms with Crippen LogP contribution in [0.1, 0.15) is 31.9 Å². The van der Waals surface area contributed by atoms with Crippen LogP contribution in [0.2, 0.25) is 0 Å². The van der Waals surface area contributed by atoms with Crippen LogP contribution < -0.4 is 5.32 Å². The smallest absolute Gasteiger partial charge is 0.340 e. The predicted octanol–water partition coefficient (Wildman–Crippen LogP) is 3.05. The Labute approximate surface area is 123 Å². The number of hydrogen-bond donors (Lipinski definition) is 1. The van der Waals surface area contributed by atoms with Crippen molar-refractivity contribution in [1.82, 2.24) is 10.2 Å². The van der Waals surface area contributed by atoms with E-state index < -0.39 is 17.3 Å². The Morgan fingerprint density at radius 2 is 1.71 bits per heavy atom. The summed E-state index contributed by atoms with van der Waals surface area (Å²) >= 11 is 0. The molecule has 1 amide bonds. The van der Waals surface area contributed by atoms with Gasteiger partial charge in [-0.25, -0.2) is 0 Å². The average molecular weight is 302 g/mol. The maximum absolute atomic E-state index is 12.5. The van der Waals surface area contributed by atoms with Crippen molar-refractivity contribution in [2.45, 2.75) is 39.0 Å². The van der Waals surface area contributed by atoms with Crippen molar-refractivity contribution in [2.75, 3.05) is 13.6 Å². The van der Waals surface area contributed by atoms with E-state index in [4.69, 9.17) is 0 Å². The van der Waals surface area contributed by atoms with E-state index >= 15 is 0 Å². The number of alkyl halides is 3. The van der Waals surface area contributed by atoms with Gasteiger partial charge in [-0.1, -0.05) is 19.1 Å². The molecule has 0 spiro atoms. The molecule has 1 aromatic rings. The lowest BCUT2D eigenvalue weighted by Gasteiger charge is -2.30.